The molecule has 1 saturated heterocycles. The molecular formula is C52H56IN7O4. The van der Waals surface area contributed by atoms with Gasteiger partial charge in [0.15, 0.2) is 11.4 Å². The van der Waals surface area contributed by atoms with Gasteiger partial charge in [-0.2, -0.15) is 0 Å². The minimum absolute atomic E-state index is 0.237. The van der Waals surface area contributed by atoms with Gasteiger partial charge in [-0.1, -0.05) is 87.1 Å². The number of nitrogens with one attached hydrogen (secondary N) is 4. The highest BCUT2D eigenvalue weighted by Crippen LogP contribution is 2.33. The number of amides is 4. The Balaban J connectivity index is 0.000000176. The summed E-state index contributed by atoms with van der Waals surface area (Å²) >= 11 is 2.27. The molecule has 11 nitrogen and oxygen atoms in total. The molecule has 330 valence electrons. The number of rotatable bonds is 11. The van der Waals surface area contributed by atoms with Crippen molar-refractivity contribution in [2.45, 2.75) is 77.0 Å². The predicted molar refractivity (Wildman–Crippen MR) is 264 cm³/mol. The van der Waals surface area contributed by atoms with Crippen LogP contribution in [0.3, 0.4) is 0 Å². The summed E-state index contributed by atoms with van der Waals surface area (Å²) in [6.45, 7) is 3.41. The van der Waals surface area contributed by atoms with Gasteiger partial charge in [-0.25, -0.2) is 9.97 Å². The number of benzene rings is 4. The quantitative estimate of drug-likeness (QED) is 0.0946. The van der Waals surface area contributed by atoms with E-state index in [9.17, 15) is 19.2 Å². The van der Waals surface area contributed by atoms with Crippen LogP contribution in [0.15, 0.2) is 109 Å². The number of hydrogen-bond donors (Lipinski definition) is 4. The van der Waals surface area contributed by atoms with E-state index in [1.54, 1.807) is 36.7 Å². The topological polar surface area (TPSA) is 145 Å². The van der Waals surface area contributed by atoms with Crippen molar-refractivity contribution in [2.24, 2.45) is 11.8 Å². The van der Waals surface area contributed by atoms with Crippen molar-refractivity contribution in [3.8, 4) is 0 Å². The maximum Gasteiger partial charge on any atom is 0.272 e. The molecule has 2 saturated carbocycles. The van der Waals surface area contributed by atoms with Gasteiger partial charge in [0, 0.05) is 64.3 Å². The molecule has 3 heterocycles. The summed E-state index contributed by atoms with van der Waals surface area (Å²) in [5.41, 5.74) is 3.70. The normalized spacial score (nSPS) is 15.5. The van der Waals surface area contributed by atoms with E-state index in [4.69, 9.17) is 0 Å². The van der Waals surface area contributed by atoms with E-state index in [-0.39, 0.29) is 35.0 Å². The fourth-order valence-electron chi connectivity index (χ4n) is 9.35. The summed E-state index contributed by atoms with van der Waals surface area (Å²) in [7, 11) is 0. The third kappa shape index (κ3) is 10.9. The molecule has 3 aliphatic rings. The molecule has 9 rings (SSSR count). The monoisotopic (exact) mass is 969 g/mol. The van der Waals surface area contributed by atoms with Crippen molar-refractivity contribution < 1.29 is 19.2 Å². The number of pyridine rings is 2. The summed E-state index contributed by atoms with van der Waals surface area (Å²) in [5.74, 6) is 0.0811. The lowest BCUT2D eigenvalue weighted by Gasteiger charge is -2.22. The van der Waals surface area contributed by atoms with Crippen LogP contribution in [0.1, 0.15) is 119 Å². The van der Waals surface area contributed by atoms with Crippen LogP contribution in [0.4, 0.5) is 17.1 Å². The Hall–Kier alpha value is -5.89. The van der Waals surface area contributed by atoms with Crippen molar-refractivity contribution >= 4 is 84.8 Å². The van der Waals surface area contributed by atoms with Crippen molar-refractivity contribution in [1.82, 2.24) is 20.6 Å². The van der Waals surface area contributed by atoms with Gasteiger partial charge in [-0.05, 0) is 138 Å². The summed E-state index contributed by atoms with van der Waals surface area (Å²) < 4.78 is 1.09. The van der Waals surface area contributed by atoms with E-state index in [2.05, 4.69) is 64.8 Å². The predicted octanol–water partition coefficient (Wildman–Crippen LogP) is 10.8. The zero-order chi connectivity index (χ0) is 44.3. The first-order valence-corrected chi connectivity index (χ1v) is 23.9. The van der Waals surface area contributed by atoms with E-state index in [1.165, 1.54) is 57.1 Å². The van der Waals surface area contributed by atoms with Crippen molar-refractivity contribution in [1.29, 1.82) is 0 Å². The lowest BCUT2D eigenvalue weighted by Crippen LogP contribution is -2.31. The molecule has 0 spiro atoms. The maximum atomic E-state index is 13.4. The Kier molecular flexibility index (Phi) is 15.1. The Morgan fingerprint density at radius 3 is 1.47 bits per heavy atom. The SMILES string of the molecule is O=C(NCC1CCCCC1)c1ncccc1NC(=O)c1ccc(I)c2ccccc12.O=C(NCC1CCCCC1)c1ncccc1NC(=O)c1ccc(N2CCCC2)c2ccccc12. The molecule has 2 aliphatic carbocycles. The first-order chi connectivity index (χ1) is 31.3. The van der Waals surface area contributed by atoms with Crippen LogP contribution in [0, 0.1) is 15.4 Å². The minimum Gasteiger partial charge on any atom is -0.371 e. The summed E-state index contributed by atoms with van der Waals surface area (Å²) in [4.78, 5) is 63.0. The molecule has 64 heavy (non-hydrogen) atoms. The van der Waals surface area contributed by atoms with Crippen LogP contribution < -0.4 is 26.2 Å². The number of carbonyl (C=O) groups is 4. The molecule has 4 aromatic carbocycles. The fourth-order valence-corrected chi connectivity index (χ4v) is 10.0. The Bertz CT molecular complexity index is 2620. The minimum atomic E-state index is -0.253. The summed E-state index contributed by atoms with van der Waals surface area (Å²) in [6.07, 6.45) is 17.7. The second-order valence-electron chi connectivity index (χ2n) is 17.1. The standard InChI is InChI=1S/C28H32N4O2.C24H24IN3O2/c33-27(23-14-15-25(32-17-6-7-18-32)22-12-5-4-11-21(22)23)31-24-13-8-16-29-26(24)28(34)30-19-20-9-2-1-3-10-20;25-20-13-12-19(17-9-4-5-10-18(17)20)23(29)28-21-11-6-14-26-22(21)24(30)27-15-16-7-2-1-3-8-16/h4-5,8,11-16,20H,1-3,6-7,9-10,17-19H2,(H,30,34)(H,31,33);4-6,9-14,16H,1-3,7-8,15H2,(H,27,30)(H,28,29). The van der Waals surface area contributed by atoms with Crippen LogP contribution in [0.25, 0.3) is 21.5 Å². The number of fused-ring (bicyclic) bond motifs is 2. The number of carbonyl (C=O) groups excluding carboxylic acids is 4. The van der Waals surface area contributed by atoms with Gasteiger partial charge in [-0.15, -0.1) is 0 Å². The van der Waals surface area contributed by atoms with Gasteiger partial charge < -0.3 is 26.2 Å². The van der Waals surface area contributed by atoms with Crippen LogP contribution in [0.5, 0.6) is 0 Å². The maximum absolute atomic E-state index is 13.4. The zero-order valence-electron chi connectivity index (χ0n) is 36.2. The van der Waals surface area contributed by atoms with E-state index in [0.29, 0.717) is 47.4 Å². The molecule has 1 aliphatic heterocycles. The molecule has 2 aromatic heterocycles. The van der Waals surface area contributed by atoms with Crippen molar-refractivity contribution in [3.05, 3.63) is 136 Å². The molecular weight excluding hydrogens is 914 g/mol. The van der Waals surface area contributed by atoms with Crippen molar-refractivity contribution in [2.75, 3.05) is 41.7 Å². The van der Waals surface area contributed by atoms with E-state index >= 15 is 0 Å². The van der Waals surface area contributed by atoms with E-state index in [0.717, 1.165) is 63.9 Å². The highest BCUT2D eigenvalue weighted by molar-refractivity contribution is 14.1. The van der Waals surface area contributed by atoms with Gasteiger partial charge >= 0.3 is 0 Å². The molecule has 4 amide bonds. The lowest BCUT2D eigenvalue weighted by molar-refractivity contribution is 0.0930. The fraction of sp³-hybridized carbons (Fsp3) is 0.346. The smallest absolute Gasteiger partial charge is 0.272 e. The first-order valence-electron chi connectivity index (χ1n) is 22.9. The number of anilines is 3. The number of halogens is 1. The molecule has 3 fully saturated rings. The van der Waals surface area contributed by atoms with Gasteiger partial charge in [0.05, 0.1) is 11.4 Å². The second-order valence-corrected chi connectivity index (χ2v) is 18.3. The van der Waals surface area contributed by atoms with Gasteiger partial charge in [0.25, 0.3) is 23.6 Å². The number of aromatic nitrogens is 2. The van der Waals surface area contributed by atoms with Gasteiger partial charge in [-0.3, -0.25) is 19.2 Å². The third-order valence-corrected chi connectivity index (χ3v) is 13.7. The molecule has 0 bridgehead atoms. The largest absolute Gasteiger partial charge is 0.371 e. The Morgan fingerprint density at radius 2 is 0.953 bits per heavy atom. The molecule has 0 unspecified atom stereocenters. The molecule has 0 atom stereocenters. The van der Waals surface area contributed by atoms with Crippen LogP contribution in [-0.2, 0) is 0 Å². The van der Waals surface area contributed by atoms with Crippen LogP contribution in [0.2, 0.25) is 0 Å². The molecule has 12 heteroatoms. The van der Waals surface area contributed by atoms with Crippen LogP contribution in [-0.4, -0.2) is 59.8 Å². The molecule has 0 radical (unpaired) electrons. The van der Waals surface area contributed by atoms with Crippen LogP contribution >= 0.6 is 22.6 Å². The highest BCUT2D eigenvalue weighted by atomic mass is 127. The first kappa shape index (κ1) is 44.7. The summed E-state index contributed by atoms with van der Waals surface area (Å²) in [5, 5.41) is 15.8. The molecule has 4 N–H and O–H groups in total. The second kappa shape index (κ2) is 21.7. The molecule has 6 aromatic rings. The summed E-state index contributed by atoms with van der Waals surface area (Å²) in [6, 6.07) is 30.5. The zero-order valence-corrected chi connectivity index (χ0v) is 38.4. The van der Waals surface area contributed by atoms with Gasteiger partial charge in [0.1, 0.15) is 0 Å². The van der Waals surface area contributed by atoms with Crippen molar-refractivity contribution in [3.63, 3.8) is 0 Å². The number of nitrogens with zero attached hydrogens (tertiary/aromatic N) is 3. The average molecular weight is 970 g/mol. The van der Waals surface area contributed by atoms with E-state index < -0.39 is 0 Å². The van der Waals surface area contributed by atoms with Gasteiger partial charge in [0.2, 0.25) is 0 Å². The average Bonchev–Trinajstić information content (AvgIpc) is 3.89. The highest BCUT2D eigenvalue weighted by Gasteiger charge is 2.23. The Morgan fingerprint density at radius 1 is 0.500 bits per heavy atom. The third-order valence-electron chi connectivity index (χ3n) is 12.8. The number of hydrogen-bond acceptors (Lipinski definition) is 7. The Labute approximate surface area is 388 Å². The van der Waals surface area contributed by atoms with E-state index in [1.807, 2.05) is 66.7 Å². The lowest BCUT2D eigenvalue weighted by atomic mass is 9.89.